The number of rotatable bonds is 6. The molecular weight excluding hydrogens is 349 g/mol. The summed E-state index contributed by atoms with van der Waals surface area (Å²) in [7, 11) is 1.56. The molecule has 0 saturated heterocycles. The van der Waals surface area contributed by atoms with Crippen LogP contribution in [0, 0.1) is 12.7 Å². The lowest BCUT2D eigenvalue weighted by Gasteiger charge is -2.22. The van der Waals surface area contributed by atoms with Gasteiger partial charge in [-0.05, 0) is 37.1 Å². The number of thiophene rings is 1. The molecule has 3 rings (SSSR count). The summed E-state index contributed by atoms with van der Waals surface area (Å²) in [5.74, 6) is -0.393. The fraction of sp³-hybridized carbons (Fsp3) is 0.286. The lowest BCUT2D eigenvalue weighted by Crippen LogP contribution is -2.30. The van der Waals surface area contributed by atoms with Crippen molar-refractivity contribution < 1.29 is 13.9 Å². The van der Waals surface area contributed by atoms with E-state index in [-0.39, 0.29) is 18.3 Å². The van der Waals surface area contributed by atoms with Gasteiger partial charge in [-0.15, -0.1) is 11.3 Å². The number of halogens is 1. The largest absolute Gasteiger partial charge is 0.380 e. The summed E-state index contributed by atoms with van der Waals surface area (Å²) in [6.07, 6.45) is 0. The number of hydrogen-bond acceptors (Lipinski definition) is 3. The summed E-state index contributed by atoms with van der Waals surface area (Å²) in [6, 6.07) is 13.0. The van der Waals surface area contributed by atoms with E-state index < -0.39 is 0 Å². The molecule has 0 fully saturated rings. The van der Waals surface area contributed by atoms with Crippen molar-refractivity contribution in [2.75, 3.05) is 13.7 Å². The van der Waals surface area contributed by atoms with Gasteiger partial charge in [0.2, 0.25) is 0 Å². The highest BCUT2D eigenvalue weighted by Crippen LogP contribution is 2.34. The Kier molecular flexibility index (Phi) is 5.69. The molecule has 0 bridgehead atoms. The second kappa shape index (κ2) is 7.98. The van der Waals surface area contributed by atoms with Crippen LogP contribution in [0.3, 0.4) is 0 Å². The molecule has 3 nitrogen and oxygen atoms in total. The molecule has 0 N–H and O–H groups in total. The van der Waals surface area contributed by atoms with Crippen LogP contribution < -0.4 is 0 Å². The maximum Gasteiger partial charge on any atom is 0.264 e. The van der Waals surface area contributed by atoms with Crippen molar-refractivity contribution in [3.63, 3.8) is 0 Å². The van der Waals surface area contributed by atoms with Crippen molar-refractivity contribution >= 4 is 27.3 Å². The van der Waals surface area contributed by atoms with Gasteiger partial charge in [0.1, 0.15) is 5.82 Å². The van der Waals surface area contributed by atoms with Crippen LogP contribution in [-0.4, -0.2) is 24.5 Å². The van der Waals surface area contributed by atoms with Gasteiger partial charge >= 0.3 is 0 Å². The number of carbonyl (C=O) groups excluding carboxylic acids is 1. The Balaban J connectivity index is 2.01. The number of aryl methyl sites for hydroxylation is 1. The minimum atomic E-state index is -0.313. The van der Waals surface area contributed by atoms with Crippen LogP contribution in [-0.2, 0) is 17.9 Å². The molecule has 0 aliphatic carbocycles. The van der Waals surface area contributed by atoms with Crippen LogP contribution >= 0.6 is 11.3 Å². The molecule has 1 amide bonds. The fourth-order valence-electron chi connectivity index (χ4n) is 3.09. The molecule has 0 atom stereocenters. The van der Waals surface area contributed by atoms with Crippen LogP contribution in [0.25, 0.3) is 10.1 Å². The molecule has 0 aliphatic heterocycles. The smallest absolute Gasteiger partial charge is 0.264 e. The predicted octanol–water partition coefficient (Wildman–Crippen LogP) is 5.16. The van der Waals surface area contributed by atoms with E-state index in [2.05, 4.69) is 0 Å². The van der Waals surface area contributed by atoms with E-state index >= 15 is 0 Å². The molecule has 1 aromatic heterocycles. The molecule has 0 unspecified atom stereocenters. The fourth-order valence-corrected chi connectivity index (χ4v) is 4.28. The number of fused-ring (bicyclic) bond motifs is 1. The van der Waals surface area contributed by atoms with Gasteiger partial charge in [0, 0.05) is 35.8 Å². The van der Waals surface area contributed by atoms with Gasteiger partial charge in [0.25, 0.3) is 5.91 Å². The molecule has 5 heteroatoms. The summed E-state index contributed by atoms with van der Waals surface area (Å²) < 4.78 is 20.4. The lowest BCUT2D eigenvalue weighted by molar-refractivity contribution is 0.0753. The normalized spacial score (nSPS) is 11.1. The molecule has 0 saturated carbocycles. The molecule has 26 heavy (non-hydrogen) atoms. The average Bonchev–Trinajstić information content (AvgIpc) is 3.01. The van der Waals surface area contributed by atoms with E-state index in [1.54, 1.807) is 18.1 Å². The Hall–Kier alpha value is -2.24. The second-order valence-corrected chi connectivity index (χ2v) is 7.25. The molecule has 1 heterocycles. The zero-order chi connectivity index (χ0) is 18.7. The maximum atomic E-state index is 14.4. The number of benzene rings is 2. The van der Waals surface area contributed by atoms with Crippen molar-refractivity contribution in [3.8, 4) is 0 Å². The number of nitrogens with zero attached hydrogens (tertiary/aromatic N) is 1. The third-order valence-corrected chi connectivity index (χ3v) is 5.72. The third kappa shape index (κ3) is 3.50. The number of amides is 1. The van der Waals surface area contributed by atoms with Gasteiger partial charge in [-0.3, -0.25) is 4.79 Å². The monoisotopic (exact) mass is 371 g/mol. The van der Waals surface area contributed by atoms with Crippen molar-refractivity contribution in [1.82, 2.24) is 4.90 Å². The van der Waals surface area contributed by atoms with Crippen molar-refractivity contribution in [3.05, 3.63) is 69.8 Å². The van der Waals surface area contributed by atoms with Gasteiger partial charge in [0.05, 0.1) is 11.5 Å². The molecule has 0 aliphatic rings. The minimum Gasteiger partial charge on any atom is -0.380 e. The average molecular weight is 371 g/mol. The summed E-state index contributed by atoms with van der Waals surface area (Å²) in [6.45, 7) is 5.32. The Morgan fingerprint density at radius 1 is 1.19 bits per heavy atom. The SMILES string of the molecule is CCN(Cc1ccccc1C)C(=O)c1sc2cccc(F)c2c1COC. The first kappa shape index (κ1) is 18.5. The first-order valence-corrected chi connectivity index (χ1v) is 9.41. The van der Waals surface area contributed by atoms with Crippen LogP contribution in [0.5, 0.6) is 0 Å². The first-order valence-electron chi connectivity index (χ1n) is 8.59. The third-order valence-electron chi connectivity index (χ3n) is 4.54. The zero-order valence-corrected chi connectivity index (χ0v) is 16.0. The lowest BCUT2D eigenvalue weighted by atomic mass is 10.1. The highest BCUT2D eigenvalue weighted by atomic mass is 32.1. The molecule has 2 aromatic carbocycles. The van der Waals surface area contributed by atoms with Crippen LogP contribution in [0.1, 0.15) is 33.3 Å². The Morgan fingerprint density at radius 2 is 1.96 bits per heavy atom. The quantitative estimate of drug-likeness (QED) is 0.599. The standard InChI is InChI=1S/C21H22FNO2S/c1-4-23(12-15-9-6-5-8-14(15)2)21(24)20-16(13-25-3)19-17(22)10-7-11-18(19)26-20/h5-11H,4,12-13H2,1-3H3. The summed E-state index contributed by atoms with van der Waals surface area (Å²) in [4.78, 5) is 15.6. The van der Waals surface area contributed by atoms with E-state index in [1.807, 2.05) is 44.2 Å². The zero-order valence-electron chi connectivity index (χ0n) is 15.2. The molecule has 3 aromatic rings. The second-order valence-electron chi connectivity index (χ2n) is 6.20. The number of ether oxygens (including phenoxy) is 1. The summed E-state index contributed by atoms with van der Waals surface area (Å²) >= 11 is 1.33. The van der Waals surface area contributed by atoms with E-state index in [4.69, 9.17) is 4.74 Å². The Labute approximate surface area is 157 Å². The van der Waals surface area contributed by atoms with Crippen molar-refractivity contribution in [1.29, 1.82) is 0 Å². The van der Waals surface area contributed by atoms with E-state index in [0.29, 0.717) is 28.9 Å². The minimum absolute atomic E-state index is 0.0802. The topological polar surface area (TPSA) is 29.5 Å². The van der Waals surface area contributed by atoms with Gasteiger partial charge in [-0.2, -0.15) is 0 Å². The van der Waals surface area contributed by atoms with E-state index in [0.717, 1.165) is 15.8 Å². The van der Waals surface area contributed by atoms with Crippen LogP contribution in [0.2, 0.25) is 0 Å². The summed E-state index contributed by atoms with van der Waals surface area (Å²) in [5.41, 5.74) is 2.90. The predicted molar refractivity (Wildman–Crippen MR) is 104 cm³/mol. The highest BCUT2D eigenvalue weighted by Gasteiger charge is 2.24. The van der Waals surface area contributed by atoms with Crippen LogP contribution in [0.4, 0.5) is 4.39 Å². The summed E-state index contributed by atoms with van der Waals surface area (Å²) in [5, 5.41) is 0.495. The van der Waals surface area contributed by atoms with Gasteiger partial charge in [0.15, 0.2) is 0 Å². The molecule has 136 valence electrons. The first-order chi connectivity index (χ1) is 12.6. The van der Waals surface area contributed by atoms with Crippen molar-refractivity contribution in [2.24, 2.45) is 0 Å². The van der Waals surface area contributed by atoms with Gasteiger partial charge in [-0.1, -0.05) is 30.3 Å². The molecular formula is C21H22FNO2S. The Bertz CT molecular complexity index is 935. The van der Waals surface area contributed by atoms with Crippen LogP contribution in [0.15, 0.2) is 42.5 Å². The number of carbonyl (C=O) groups is 1. The van der Waals surface area contributed by atoms with Crippen molar-refractivity contribution in [2.45, 2.75) is 27.0 Å². The van der Waals surface area contributed by atoms with Gasteiger partial charge in [-0.25, -0.2) is 4.39 Å². The highest BCUT2D eigenvalue weighted by molar-refractivity contribution is 7.21. The maximum absolute atomic E-state index is 14.4. The number of methoxy groups -OCH3 is 1. The number of hydrogen-bond donors (Lipinski definition) is 0. The molecule has 0 radical (unpaired) electrons. The van der Waals surface area contributed by atoms with E-state index in [1.165, 1.54) is 17.4 Å². The van der Waals surface area contributed by atoms with Gasteiger partial charge < -0.3 is 9.64 Å². The Morgan fingerprint density at radius 3 is 2.65 bits per heavy atom. The molecule has 0 spiro atoms. The van der Waals surface area contributed by atoms with E-state index in [9.17, 15) is 9.18 Å².